The normalized spacial score (nSPS) is 16.8. The summed E-state index contributed by atoms with van der Waals surface area (Å²) in [5.74, 6) is -4.36. The first kappa shape index (κ1) is 31.9. The standard InChI is InChI=1S/C27H38N8O7/c28-17(9-10-22(36)37)23(38)34-20(13-15-14-32-18-6-2-1-5-16(15)18)24(39)33-19(7-3-11-31-27(29)30)25(40)35-12-4-8-21(35)26(41)42/h1-2,5-6,14,17,19-21,32H,3-4,7-13,28H2,(H,33,39)(H,34,38)(H,36,37)(H,41,42)(H4,29,30,31). The third-order valence-electron chi connectivity index (χ3n) is 7.12. The summed E-state index contributed by atoms with van der Waals surface area (Å²) in [7, 11) is 0. The molecule has 15 nitrogen and oxygen atoms in total. The fourth-order valence-corrected chi connectivity index (χ4v) is 4.94. The second-order valence-corrected chi connectivity index (χ2v) is 10.2. The van der Waals surface area contributed by atoms with Gasteiger partial charge in [-0.1, -0.05) is 18.2 Å². The summed E-state index contributed by atoms with van der Waals surface area (Å²) in [5, 5.41) is 24.7. The molecule has 0 bridgehead atoms. The molecule has 3 amide bonds. The van der Waals surface area contributed by atoms with Crippen LogP contribution in [0.4, 0.5) is 0 Å². The number of amides is 3. The molecule has 1 aromatic carbocycles. The lowest BCUT2D eigenvalue weighted by Gasteiger charge is -2.29. The minimum atomic E-state index is -1.19. The smallest absolute Gasteiger partial charge is 0.326 e. The molecule has 15 heteroatoms. The number of benzene rings is 1. The van der Waals surface area contributed by atoms with Gasteiger partial charge < -0.3 is 47.9 Å². The number of nitrogens with zero attached hydrogens (tertiary/aromatic N) is 2. The van der Waals surface area contributed by atoms with Crippen molar-refractivity contribution in [2.75, 3.05) is 13.1 Å². The van der Waals surface area contributed by atoms with Crippen LogP contribution in [0.3, 0.4) is 0 Å². The number of hydrogen-bond donors (Lipinski definition) is 8. The number of carboxylic acids is 2. The van der Waals surface area contributed by atoms with Crippen LogP contribution in [-0.4, -0.2) is 93.0 Å². The van der Waals surface area contributed by atoms with Crippen LogP contribution in [0.5, 0.6) is 0 Å². The lowest BCUT2D eigenvalue weighted by Crippen LogP contribution is -2.57. The number of aromatic nitrogens is 1. The maximum absolute atomic E-state index is 13.7. The van der Waals surface area contributed by atoms with Crippen molar-refractivity contribution in [2.24, 2.45) is 22.2 Å². The molecule has 0 aliphatic carbocycles. The fourth-order valence-electron chi connectivity index (χ4n) is 4.94. The highest BCUT2D eigenvalue weighted by Gasteiger charge is 2.38. The molecule has 11 N–H and O–H groups in total. The maximum atomic E-state index is 13.7. The van der Waals surface area contributed by atoms with Crippen molar-refractivity contribution in [3.8, 4) is 0 Å². The molecule has 1 fully saturated rings. The van der Waals surface area contributed by atoms with Crippen LogP contribution in [-0.2, 0) is 30.4 Å². The largest absolute Gasteiger partial charge is 0.481 e. The topological polar surface area (TPSA) is 259 Å². The van der Waals surface area contributed by atoms with Gasteiger partial charge in [0, 0.05) is 43.0 Å². The van der Waals surface area contributed by atoms with E-state index in [1.807, 2.05) is 24.3 Å². The third-order valence-corrected chi connectivity index (χ3v) is 7.12. The van der Waals surface area contributed by atoms with Gasteiger partial charge in [-0.15, -0.1) is 0 Å². The molecule has 1 aliphatic rings. The number of nitrogens with two attached hydrogens (primary N) is 3. The predicted molar refractivity (Wildman–Crippen MR) is 153 cm³/mol. The van der Waals surface area contributed by atoms with Crippen molar-refractivity contribution in [1.29, 1.82) is 0 Å². The Morgan fingerprint density at radius 3 is 2.45 bits per heavy atom. The molecule has 0 spiro atoms. The van der Waals surface area contributed by atoms with Crippen LogP contribution in [0.2, 0.25) is 0 Å². The Morgan fingerprint density at radius 2 is 1.76 bits per heavy atom. The second-order valence-electron chi connectivity index (χ2n) is 10.2. The van der Waals surface area contributed by atoms with Gasteiger partial charge in [-0.05, 0) is 43.7 Å². The maximum Gasteiger partial charge on any atom is 0.326 e. The number of fused-ring (bicyclic) bond motifs is 1. The summed E-state index contributed by atoms with van der Waals surface area (Å²) >= 11 is 0. The molecule has 1 saturated heterocycles. The van der Waals surface area contributed by atoms with E-state index in [1.54, 1.807) is 6.20 Å². The molecule has 2 heterocycles. The fraction of sp³-hybridized carbons (Fsp3) is 0.481. The number of carboxylic acid groups (broad SMARTS) is 2. The van der Waals surface area contributed by atoms with Crippen LogP contribution in [0.25, 0.3) is 10.9 Å². The summed E-state index contributed by atoms with van der Waals surface area (Å²) in [6.45, 7) is 0.405. The Labute approximate surface area is 241 Å². The molecule has 3 rings (SSSR count). The molecular formula is C27H38N8O7. The highest BCUT2D eigenvalue weighted by atomic mass is 16.4. The minimum Gasteiger partial charge on any atom is -0.481 e. The third kappa shape index (κ3) is 8.67. The van der Waals surface area contributed by atoms with Gasteiger partial charge in [0.2, 0.25) is 17.7 Å². The molecule has 42 heavy (non-hydrogen) atoms. The Hall–Kier alpha value is -4.66. The van der Waals surface area contributed by atoms with Crippen molar-refractivity contribution < 1.29 is 34.2 Å². The van der Waals surface area contributed by atoms with Gasteiger partial charge in [-0.2, -0.15) is 0 Å². The molecule has 1 aromatic heterocycles. The number of H-pyrrole nitrogens is 1. The Morgan fingerprint density at radius 1 is 1.05 bits per heavy atom. The molecule has 2 aromatic rings. The zero-order valence-corrected chi connectivity index (χ0v) is 23.1. The average molecular weight is 587 g/mol. The van der Waals surface area contributed by atoms with E-state index in [0.29, 0.717) is 24.8 Å². The second kappa shape index (κ2) is 14.8. The number of aliphatic carboxylic acids is 2. The van der Waals surface area contributed by atoms with Crippen LogP contribution in [0.15, 0.2) is 35.5 Å². The number of carbonyl (C=O) groups excluding carboxylic acids is 3. The minimum absolute atomic E-state index is 0.0314. The first-order chi connectivity index (χ1) is 20.0. The van der Waals surface area contributed by atoms with Crippen molar-refractivity contribution >= 4 is 46.5 Å². The van der Waals surface area contributed by atoms with Crippen molar-refractivity contribution in [3.05, 3.63) is 36.0 Å². The predicted octanol–water partition coefficient (Wildman–Crippen LogP) is -0.999. The van der Waals surface area contributed by atoms with E-state index in [1.165, 1.54) is 4.90 Å². The summed E-state index contributed by atoms with van der Waals surface area (Å²) in [5.41, 5.74) is 18.2. The summed E-state index contributed by atoms with van der Waals surface area (Å²) < 4.78 is 0. The lowest BCUT2D eigenvalue weighted by atomic mass is 10.0. The van der Waals surface area contributed by atoms with Crippen LogP contribution < -0.4 is 27.8 Å². The SMILES string of the molecule is NC(N)=NCCCC(NC(=O)C(Cc1c[nH]c2ccccc12)NC(=O)C(N)CCC(=O)O)C(=O)N1CCCC1C(=O)O. The van der Waals surface area contributed by atoms with E-state index in [0.717, 1.165) is 10.9 Å². The Bertz CT molecular complexity index is 1320. The Balaban J connectivity index is 1.85. The Kier molecular flexibility index (Phi) is 11.2. The average Bonchev–Trinajstić information content (AvgIpc) is 3.60. The summed E-state index contributed by atoms with van der Waals surface area (Å²) in [6, 6.07) is 2.89. The van der Waals surface area contributed by atoms with E-state index in [4.69, 9.17) is 22.3 Å². The highest BCUT2D eigenvalue weighted by molar-refractivity contribution is 5.95. The number of nitrogens with one attached hydrogen (secondary N) is 3. The highest BCUT2D eigenvalue weighted by Crippen LogP contribution is 2.21. The number of carbonyl (C=O) groups is 5. The van der Waals surface area contributed by atoms with Gasteiger partial charge in [0.15, 0.2) is 5.96 Å². The summed E-state index contributed by atoms with van der Waals surface area (Å²) in [6.07, 6.45) is 2.48. The number of likely N-dealkylation sites (tertiary alicyclic amines) is 1. The number of hydrogen-bond acceptors (Lipinski definition) is 7. The van der Waals surface area contributed by atoms with E-state index in [2.05, 4.69) is 20.6 Å². The number of aliphatic imine (C=N–C) groups is 1. The monoisotopic (exact) mass is 586 g/mol. The first-order valence-electron chi connectivity index (χ1n) is 13.7. The lowest BCUT2D eigenvalue weighted by molar-refractivity contribution is -0.149. The molecule has 4 unspecified atom stereocenters. The molecule has 1 aliphatic heterocycles. The van der Waals surface area contributed by atoms with Gasteiger partial charge in [0.05, 0.1) is 6.04 Å². The molecular weight excluding hydrogens is 548 g/mol. The zero-order valence-electron chi connectivity index (χ0n) is 23.1. The van der Waals surface area contributed by atoms with Gasteiger partial charge >= 0.3 is 11.9 Å². The van der Waals surface area contributed by atoms with Crippen LogP contribution in [0.1, 0.15) is 44.1 Å². The zero-order chi connectivity index (χ0) is 30.8. The number of aromatic amines is 1. The number of rotatable bonds is 15. The molecule has 4 atom stereocenters. The van der Waals surface area contributed by atoms with Gasteiger partial charge in [0.25, 0.3) is 0 Å². The van der Waals surface area contributed by atoms with E-state index >= 15 is 0 Å². The summed E-state index contributed by atoms with van der Waals surface area (Å²) in [4.78, 5) is 71.0. The van der Waals surface area contributed by atoms with Gasteiger partial charge in [-0.25, -0.2) is 4.79 Å². The quantitative estimate of drug-likeness (QED) is 0.0717. The number of guanidine groups is 1. The van der Waals surface area contributed by atoms with E-state index < -0.39 is 53.8 Å². The van der Waals surface area contributed by atoms with Gasteiger partial charge in [-0.3, -0.25) is 24.2 Å². The van der Waals surface area contributed by atoms with Crippen LogP contribution in [0, 0.1) is 0 Å². The first-order valence-corrected chi connectivity index (χ1v) is 13.7. The number of para-hydroxylation sites is 1. The van der Waals surface area contributed by atoms with E-state index in [9.17, 15) is 29.1 Å². The van der Waals surface area contributed by atoms with Crippen molar-refractivity contribution in [3.63, 3.8) is 0 Å². The van der Waals surface area contributed by atoms with Crippen molar-refractivity contribution in [1.82, 2.24) is 20.5 Å². The van der Waals surface area contributed by atoms with E-state index in [-0.39, 0.29) is 44.7 Å². The molecule has 228 valence electrons. The van der Waals surface area contributed by atoms with Crippen molar-refractivity contribution in [2.45, 2.75) is 69.1 Å². The van der Waals surface area contributed by atoms with Gasteiger partial charge in [0.1, 0.15) is 18.1 Å². The molecule has 0 saturated carbocycles. The van der Waals surface area contributed by atoms with Crippen LogP contribution >= 0.6 is 0 Å². The molecule has 0 radical (unpaired) electrons.